The molecule has 1 atom stereocenters. The van der Waals surface area contributed by atoms with Gasteiger partial charge in [0.2, 0.25) is 0 Å². The van der Waals surface area contributed by atoms with Crippen LogP contribution in [0.2, 0.25) is 0 Å². The summed E-state index contributed by atoms with van der Waals surface area (Å²) in [7, 11) is 0. The Kier molecular flexibility index (Phi) is 3.85. The van der Waals surface area contributed by atoms with E-state index in [1.165, 1.54) is 0 Å². The fourth-order valence-electron chi connectivity index (χ4n) is 2.60. The maximum atomic E-state index is 12.5. The molecule has 3 rings (SSSR count). The highest BCUT2D eigenvalue weighted by atomic mass is 19.4. The van der Waals surface area contributed by atoms with Crippen LogP contribution in [0.15, 0.2) is 17.2 Å². The zero-order chi connectivity index (χ0) is 17.5. The van der Waals surface area contributed by atoms with Crippen molar-refractivity contribution in [2.75, 3.05) is 0 Å². The molecule has 0 saturated carbocycles. The van der Waals surface area contributed by atoms with Crippen molar-refractivity contribution in [3.63, 3.8) is 0 Å². The number of nitrogens with zero attached hydrogens (tertiary/aromatic N) is 5. The molecule has 0 radical (unpaired) electrons. The molecule has 2 aromatic heterocycles. The molecule has 0 bridgehead atoms. The van der Waals surface area contributed by atoms with E-state index in [4.69, 9.17) is 0 Å². The molecule has 1 N–H and O–H groups in total. The van der Waals surface area contributed by atoms with E-state index in [-0.39, 0.29) is 12.2 Å². The molecule has 8 nitrogen and oxygen atoms in total. The summed E-state index contributed by atoms with van der Waals surface area (Å²) in [4.78, 5) is 30.5. The van der Waals surface area contributed by atoms with Crippen LogP contribution in [0.5, 0.6) is 0 Å². The Bertz CT molecular complexity index is 825. The lowest BCUT2D eigenvalue weighted by atomic mass is 10.1. The molecule has 0 unspecified atom stereocenters. The standard InChI is InChI=1S/C13H12F3N5O3/c14-13(15,16)9-5-17-7(4-18-9)6-20-12(24)21-8(11(22)23)2-1-3-10(21)19-20/h4-5,8H,1-3,6H2,(H,22,23)/t8-/m0/s1. The van der Waals surface area contributed by atoms with Gasteiger partial charge in [-0.3, -0.25) is 9.55 Å². The molecule has 0 spiro atoms. The van der Waals surface area contributed by atoms with Gasteiger partial charge in [-0.05, 0) is 12.8 Å². The van der Waals surface area contributed by atoms with Crippen molar-refractivity contribution >= 4 is 5.97 Å². The highest BCUT2D eigenvalue weighted by Crippen LogP contribution is 2.26. The Morgan fingerprint density at radius 2 is 2.08 bits per heavy atom. The summed E-state index contributed by atoms with van der Waals surface area (Å²) in [6.07, 6.45) is -1.71. The summed E-state index contributed by atoms with van der Waals surface area (Å²) < 4.78 is 39.5. The zero-order valence-electron chi connectivity index (χ0n) is 12.2. The van der Waals surface area contributed by atoms with Crippen molar-refractivity contribution in [2.24, 2.45) is 0 Å². The fourth-order valence-corrected chi connectivity index (χ4v) is 2.60. The molecule has 2 aromatic rings. The van der Waals surface area contributed by atoms with Gasteiger partial charge in [0.1, 0.15) is 11.9 Å². The Labute approximate surface area is 132 Å². The van der Waals surface area contributed by atoms with E-state index in [0.29, 0.717) is 31.3 Å². The molecule has 0 saturated heterocycles. The smallest absolute Gasteiger partial charge is 0.434 e. The number of carbonyl (C=O) groups is 1. The minimum absolute atomic E-state index is 0.118. The number of halogens is 3. The van der Waals surface area contributed by atoms with Crippen LogP contribution in [0, 0.1) is 0 Å². The Balaban J connectivity index is 1.89. The summed E-state index contributed by atoms with van der Waals surface area (Å²) in [5.74, 6) is -0.773. The minimum atomic E-state index is -4.59. The van der Waals surface area contributed by atoms with E-state index in [2.05, 4.69) is 15.1 Å². The number of aryl methyl sites for hydroxylation is 1. The van der Waals surface area contributed by atoms with Crippen molar-refractivity contribution < 1.29 is 23.1 Å². The molecular weight excluding hydrogens is 331 g/mol. The lowest BCUT2D eigenvalue weighted by Crippen LogP contribution is -2.34. The van der Waals surface area contributed by atoms with Crippen LogP contribution in [-0.2, 0) is 23.9 Å². The lowest BCUT2D eigenvalue weighted by molar-refractivity contribution is -0.142. The van der Waals surface area contributed by atoms with Crippen LogP contribution in [0.3, 0.4) is 0 Å². The summed E-state index contributed by atoms with van der Waals surface area (Å²) in [6.45, 7) is -0.184. The van der Waals surface area contributed by atoms with Crippen LogP contribution >= 0.6 is 0 Å². The second-order valence-electron chi connectivity index (χ2n) is 5.36. The molecule has 1 aliphatic heterocycles. The third-order valence-electron chi connectivity index (χ3n) is 3.72. The van der Waals surface area contributed by atoms with Gasteiger partial charge in [0.25, 0.3) is 0 Å². The van der Waals surface area contributed by atoms with E-state index >= 15 is 0 Å². The molecule has 1 aliphatic rings. The number of hydrogen-bond donors (Lipinski definition) is 1. The predicted molar refractivity (Wildman–Crippen MR) is 72.2 cm³/mol. The molecule has 0 aliphatic carbocycles. The number of aliphatic carboxylic acids is 1. The number of fused-ring (bicyclic) bond motifs is 1. The van der Waals surface area contributed by atoms with Crippen LogP contribution in [0.25, 0.3) is 0 Å². The fraction of sp³-hybridized carbons (Fsp3) is 0.462. The first-order chi connectivity index (χ1) is 11.3. The van der Waals surface area contributed by atoms with Gasteiger partial charge in [0.05, 0.1) is 24.6 Å². The average molecular weight is 343 g/mol. The number of rotatable bonds is 3. The highest BCUT2D eigenvalue weighted by Gasteiger charge is 2.33. The first-order valence-electron chi connectivity index (χ1n) is 7.06. The summed E-state index contributed by atoms with van der Waals surface area (Å²) >= 11 is 0. The minimum Gasteiger partial charge on any atom is -0.480 e. The van der Waals surface area contributed by atoms with E-state index in [1.54, 1.807) is 0 Å². The van der Waals surface area contributed by atoms with E-state index in [1.807, 2.05) is 0 Å². The number of alkyl halides is 3. The largest absolute Gasteiger partial charge is 0.480 e. The first-order valence-corrected chi connectivity index (χ1v) is 7.06. The van der Waals surface area contributed by atoms with Gasteiger partial charge in [0.15, 0.2) is 5.69 Å². The third kappa shape index (κ3) is 2.88. The SMILES string of the molecule is O=C(O)[C@@H]1CCCc2nn(Cc3cnc(C(F)(F)F)cn3)c(=O)n21. The quantitative estimate of drug-likeness (QED) is 0.887. The second-order valence-corrected chi connectivity index (χ2v) is 5.36. The van der Waals surface area contributed by atoms with Crippen molar-refractivity contribution in [1.82, 2.24) is 24.3 Å². The summed E-state index contributed by atoms with van der Waals surface area (Å²) in [6, 6.07) is -0.978. The van der Waals surface area contributed by atoms with Gasteiger partial charge >= 0.3 is 17.8 Å². The molecule has 24 heavy (non-hydrogen) atoms. The molecule has 128 valence electrons. The van der Waals surface area contributed by atoms with Crippen molar-refractivity contribution in [3.05, 3.63) is 40.1 Å². The number of aromatic nitrogens is 5. The molecule has 0 fully saturated rings. The Hall–Kier alpha value is -2.72. The van der Waals surface area contributed by atoms with Crippen LogP contribution in [-0.4, -0.2) is 35.4 Å². The van der Waals surface area contributed by atoms with Crippen LogP contribution in [0.4, 0.5) is 13.2 Å². The van der Waals surface area contributed by atoms with Gasteiger partial charge in [-0.15, -0.1) is 0 Å². The van der Waals surface area contributed by atoms with Gasteiger partial charge < -0.3 is 5.11 Å². The molecule has 3 heterocycles. The maximum Gasteiger partial charge on any atom is 0.434 e. The molecule has 0 amide bonds. The molecule has 11 heteroatoms. The third-order valence-corrected chi connectivity index (χ3v) is 3.72. The van der Waals surface area contributed by atoms with Crippen molar-refractivity contribution in [3.8, 4) is 0 Å². The normalized spacial score (nSPS) is 17.5. The van der Waals surface area contributed by atoms with E-state index in [0.717, 1.165) is 15.4 Å². The van der Waals surface area contributed by atoms with Gasteiger partial charge in [-0.2, -0.15) is 18.3 Å². The zero-order valence-corrected chi connectivity index (χ0v) is 12.2. The summed E-state index contributed by atoms with van der Waals surface area (Å²) in [5.41, 5.74) is -1.64. The van der Waals surface area contributed by atoms with Gasteiger partial charge in [0, 0.05) is 6.42 Å². The Morgan fingerprint density at radius 3 is 2.67 bits per heavy atom. The van der Waals surface area contributed by atoms with E-state index < -0.39 is 29.6 Å². The molecular formula is C13H12F3N5O3. The van der Waals surface area contributed by atoms with E-state index in [9.17, 15) is 27.9 Å². The topological polar surface area (TPSA) is 103 Å². The van der Waals surface area contributed by atoms with Crippen LogP contribution in [0.1, 0.15) is 36.1 Å². The van der Waals surface area contributed by atoms with Crippen molar-refractivity contribution in [1.29, 1.82) is 0 Å². The predicted octanol–water partition coefficient (Wildman–Crippen LogP) is 0.864. The van der Waals surface area contributed by atoms with Crippen LogP contribution < -0.4 is 5.69 Å². The van der Waals surface area contributed by atoms with Gasteiger partial charge in [-0.25, -0.2) is 19.3 Å². The maximum absolute atomic E-state index is 12.5. The number of carboxylic acid groups (broad SMARTS) is 1. The molecule has 0 aromatic carbocycles. The Morgan fingerprint density at radius 1 is 1.33 bits per heavy atom. The monoisotopic (exact) mass is 343 g/mol. The van der Waals surface area contributed by atoms with Crippen molar-refractivity contribution in [2.45, 2.75) is 38.0 Å². The second kappa shape index (κ2) is 5.73. The van der Waals surface area contributed by atoms with Gasteiger partial charge in [-0.1, -0.05) is 0 Å². The average Bonchev–Trinajstić information content (AvgIpc) is 2.83. The number of carboxylic acids is 1. The lowest BCUT2D eigenvalue weighted by Gasteiger charge is -2.19. The highest BCUT2D eigenvalue weighted by molar-refractivity contribution is 5.72. The number of hydrogen-bond acceptors (Lipinski definition) is 5. The first kappa shape index (κ1) is 16.1. The summed E-state index contributed by atoms with van der Waals surface area (Å²) in [5, 5.41) is 13.3.